The summed E-state index contributed by atoms with van der Waals surface area (Å²) in [6, 6.07) is 12.5. The molecule has 2 fully saturated rings. The molecular formula is C18H22N4O2. The summed E-state index contributed by atoms with van der Waals surface area (Å²) in [6.45, 7) is 5.76. The normalized spacial score (nSPS) is 24.1. The monoisotopic (exact) mass is 326 g/mol. The first kappa shape index (κ1) is 15.4. The fraction of sp³-hybridized carbons (Fsp3) is 0.444. The number of rotatable bonds is 3. The second-order valence-corrected chi connectivity index (χ2v) is 6.58. The van der Waals surface area contributed by atoms with Gasteiger partial charge < -0.3 is 9.64 Å². The van der Waals surface area contributed by atoms with E-state index in [9.17, 15) is 4.79 Å². The number of morpholine rings is 1. The van der Waals surface area contributed by atoms with Crippen LogP contribution in [0.5, 0.6) is 0 Å². The molecule has 6 nitrogen and oxygen atoms in total. The minimum absolute atomic E-state index is 0.0167. The number of fused-ring (bicyclic) bond motifs is 1. The lowest BCUT2D eigenvalue weighted by atomic mass is 10.1. The van der Waals surface area contributed by atoms with Crippen molar-refractivity contribution < 1.29 is 9.53 Å². The fourth-order valence-corrected chi connectivity index (χ4v) is 3.63. The Hall–Kier alpha value is -2.18. The second-order valence-electron chi connectivity index (χ2n) is 6.58. The Morgan fingerprint density at radius 2 is 2.17 bits per heavy atom. The molecule has 2 aliphatic heterocycles. The molecule has 2 aromatic rings. The molecule has 6 heteroatoms. The van der Waals surface area contributed by atoms with Crippen molar-refractivity contribution in [1.82, 2.24) is 20.0 Å². The molecule has 0 radical (unpaired) electrons. The van der Waals surface area contributed by atoms with E-state index < -0.39 is 0 Å². The van der Waals surface area contributed by atoms with Gasteiger partial charge >= 0.3 is 0 Å². The number of ether oxygens (including phenoxy) is 1. The summed E-state index contributed by atoms with van der Waals surface area (Å²) in [5.74, 6) is -0.0167. The van der Waals surface area contributed by atoms with Crippen LogP contribution in [-0.4, -0.2) is 64.3 Å². The average molecular weight is 326 g/mol. The third-order valence-corrected chi connectivity index (χ3v) is 4.86. The van der Waals surface area contributed by atoms with Gasteiger partial charge in [0.25, 0.3) is 5.91 Å². The maximum atomic E-state index is 12.6. The number of carbonyl (C=O) groups is 1. The molecule has 0 spiro atoms. The molecule has 0 saturated carbocycles. The predicted molar refractivity (Wildman–Crippen MR) is 89.6 cm³/mol. The summed E-state index contributed by atoms with van der Waals surface area (Å²) >= 11 is 0. The van der Waals surface area contributed by atoms with E-state index in [1.165, 1.54) is 5.56 Å². The molecule has 2 saturated heterocycles. The first-order chi connectivity index (χ1) is 11.7. The average Bonchev–Trinajstić information content (AvgIpc) is 3.22. The van der Waals surface area contributed by atoms with Crippen LogP contribution in [-0.2, 0) is 11.3 Å². The van der Waals surface area contributed by atoms with Crippen LogP contribution in [0.25, 0.3) is 0 Å². The van der Waals surface area contributed by atoms with E-state index in [0.717, 1.165) is 25.4 Å². The fourth-order valence-electron chi connectivity index (χ4n) is 3.63. The summed E-state index contributed by atoms with van der Waals surface area (Å²) < 4.78 is 5.93. The molecule has 1 N–H and O–H groups in total. The van der Waals surface area contributed by atoms with E-state index in [1.807, 2.05) is 17.9 Å². The van der Waals surface area contributed by atoms with Gasteiger partial charge in [0, 0.05) is 31.9 Å². The van der Waals surface area contributed by atoms with Gasteiger partial charge in [0.1, 0.15) is 5.69 Å². The van der Waals surface area contributed by atoms with Gasteiger partial charge in [-0.3, -0.25) is 14.8 Å². The van der Waals surface area contributed by atoms with E-state index in [1.54, 1.807) is 6.07 Å². The largest absolute Gasteiger partial charge is 0.373 e. The SMILES string of the molecule is Cc1cc(C(=O)N2C[C@@H]3OCCN(Cc4ccccc4)[C@@H]3C2)n[nH]1. The number of carbonyl (C=O) groups excluding carboxylic acids is 1. The molecule has 1 aromatic heterocycles. The lowest BCUT2D eigenvalue weighted by Crippen LogP contribution is -2.50. The van der Waals surface area contributed by atoms with Crippen LogP contribution in [0.3, 0.4) is 0 Å². The summed E-state index contributed by atoms with van der Waals surface area (Å²) in [6.07, 6.45) is 0.0893. The Kier molecular flexibility index (Phi) is 4.08. The molecule has 3 heterocycles. The van der Waals surface area contributed by atoms with Crippen LogP contribution >= 0.6 is 0 Å². The Balaban J connectivity index is 1.47. The minimum atomic E-state index is -0.0167. The van der Waals surface area contributed by atoms with Crippen molar-refractivity contribution in [2.75, 3.05) is 26.2 Å². The molecule has 2 atom stereocenters. The third-order valence-electron chi connectivity index (χ3n) is 4.86. The van der Waals surface area contributed by atoms with Crippen molar-refractivity contribution in [3.8, 4) is 0 Å². The van der Waals surface area contributed by atoms with E-state index >= 15 is 0 Å². The Labute approximate surface area is 141 Å². The second kappa shape index (κ2) is 6.37. The number of aromatic amines is 1. The third kappa shape index (κ3) is 2.95. The van der Waals surface area contributed by atoms with Crippen molar-refractivity contribution in [2.45, 2.75) is 25.6 Å². The van der Waals surface area contributed by atoms with Crippen molar-refractivity contribution in [1.29, 1.82) is 0 Å². The Morgan fingerprint density at radius 3 is 2.92 bits per heavy atom. The van der Waals surface area contributed by atoms with E-state index in [0.29, 0.717) is 18.8 Å². The summed E-state index contributed by atoms with van der Waals surface area (Å²) in [7, 11) is 0. The van der Waals surface area contributed by atoms with Crippen LogP contribution in [0.2, 0.25) is 0 Å². The van der Waals surface area contributed by atoms with E-state index in [-0.39, 0.29) is 18.1 Å². The van der Waals surface area contributed by atoms with Crippen LogP contribution in [0.4, 0.5) is 0 Å². The van der Waals surface area contributed by atoms with Gasteiger partial charge in [0.2, 0.25) is 0 Å². The highest BCUT2D eigenvalue weighted by Gasteiger charge is 2.42. The van der Waals surface area contributed by atoms with Crippen LogP contribution < -0.4 is 0 Å². The topological polar surface area (TPSA) is 61.5 Å². The number of aryl methyl sites for hydroxylation is 1. The smallest absolute Gasteiger partial charge is 0.274 e. The highest BCUT2D eigenvalue weighted by atomic mass is 16.5. The van der Waals surface area contributed by atoms with Gasteiger partial charge in [-0.05, 0) is 18.6 Å². The number of aromatic nitrogens is 2. The maximum absolute atomic E-state index is 12.6. The van der Waals surface area contributed by atoms with Gasteiger partial charge in [-0.15, -0.1) is 0 Å². The van der Waals surface area contributed by atoms with Crippen LogP contribution in [0.1, 0.15) is 21.7 Å². The molecule has 2 aliphatic rings. The van der Waals surface area contributed by atoms with Crippen molar-refractivity contribution in [3.05, 3.63) is 53.3 Å². The Morgan fingerprint density at radius 1 is 1.33 bits per heavy atom. The van der Waals surface area contributed by atoms with Gasteiger partial charge in [0.15, 0.2) is 0 Å². The quantitative estimate of drug-likeness (QED) is 0.927. The summed E-state index contributed by atoms with van der Waals surface area (Å²) in [5, 5.41) is 6.93. The van der Waals surface area contributed by atoms with Gasteiger partial charge in [-0.2, -0.15) is 5.10 Å². The maximum Gasteiger partial charge on any atom is 0.274 e. The number of hydrogen-bond acceptors (Lipinski definition) is 4. The molecule has 1 amide bonds. The molecule has 0 bridgehead atoms. The van der Waals surface area contributed by atoms with Gasteiger partial charge in [0.05, 0.1) is 18.8 Å². The molecular weight excluding hydrogens is 304 g/mol. The number of likely N-dealkylation sites (tertiary alicyclic amines) is 1. The molecule has 0 unspecified atom stereocenters. The molecule has 4 rings (SSSR count). The molecule has 24 heavy (non-hydrogen) atoms. The van der Waals surface area contributed by atoms with Crippen LogP contribution in [0, 0.1) is 6.92 Å². The lowest BCUT2D eigenvalue weighted by molar-refractivity contribution is -0.0503. The van der Waals surface area contributed by atoms with Crippen molar-refractivity contribution in [2.24, 2.45) is 0 Å². The van der Waals surface area contributed by atoms with E-state index in [4.69, 9.17) is 4.74 Å². The zero-order valence-corrected chi connectivity index (χ0v) is 13.8. The zero-order chi connectivity index (χ0) is 16.5. The first-order valence-electron chi connectivity index (χ1n) is 8.41. The van der Waals surface area contributed by atoms with E-state index in [2.05, 4.69) is 39.4 Å². The number of nitrogens with zero attached hydrogens (tertiary/aromatic N) is 3. The lowest BCUT2D eigenvalue weighted by Gasteiger charge is -2.36. The molecule has 126 valence electrons. The molecule has 1 aromatic carbocycles. The summed E-state index contributed by atoms with van der Waals surface area (Å²) in [5.41, 5.74) is 2.68. The number of amides is 1. The highest BCUT2D eigenvalue weighted by molar-refractivity contribution is 5.92. The van der Waals surface area contributed by atoms with Gasteiger partial charge in [-0.1, -0.05) is 30.3 Å². The summed E-state index contributed by atoms with van der Waals surface area (Å²) in [4.78, 5) is 16.9. The molecule has 0 aliphatic carbocycles. The number of nitrogens with one attached hydrogen (secondary N) is 1. The number of hydrogen-bond donors (Lipinski definition) is 1. The van der Waals surface area contributed by atoms with Crippen LogP contribution in [0.15, 0.2) is 36.4 Å². The highest BCUT2D eigenvalue weighted by Crippen LogP contribution is 2.25. The van der Waals surface area contributed by atoms with Crippen molar-refractivity contribution in [3.63, 3.8) is 0 Å². The number of benzene rings is 1. The standard InChI is InChI=1S/C18H22N4O2/c1-13-9-15(20-19-13)18(23)22-11-16-17(12-22)24-8-7-21(16)10-14-5-3-2-4-6-14/h2-6,9,16-17H,7-8,10-12H2,1H3,(H,19,20)/t16-,17+/m1/s1. The van der Waals surface area contributed by atoms with Gasteiger partial charge in [-0.25, -0.2) is 0 Å². The number of H-pyrrole nitrogens is 1. The zero-order valence-electron chi connectivity index (χ0n) is 13.8. The first-order valence-corrected chi connectivity index (χ1v) is 8.41. The van der Waals surface area contributed by atoms with Crippen molar-refractivity contribution >= 4 is 5.91 Å². The Bertz CT molecular complexity index is 715. The minimum Gasteiger partial charge on any atom is -0.373 e. The predicted octanol–water partition coefficient (Wildman–Crippen LogP) is 1.44.